The van der Waals surface area contributed by atoms with Crippen molar-refractivity contribution >= 4 is 23.6 Å². The van der Waals surface area contributed by atoms with E-state index in [2.05, 4.69) is 19.6 Å². The van der Waals surface area contributed by atoms with Gasteiger partial charge in [-0.1, -0.05) is 13.8 Å². The minimum Gasteiger partial charge on any atom is -0.467 e. The summed E-state index contributed by atoms with van der Waals surface area (Å²) in [7, 11) is 2.20. The first-order valence-electron chi connectivity index (χ1n) is 5.08. The smallest absolute Gasteiger partial charge is 0.462 e. The van der Waals surface area contributed by atoms with Crippen LogP contribution in [0.2, 0.25) is 0 Å². The van der Waals surface area contributed by atoms with E-state index in [1.165, 1.54) is 7.11 Å². The fraction of sp³-hybridized carbons (Fsp3) is 0.600. The zero-order valence-electron chi connectivity index (χ0n) is 10.6. The molecule has 0 aliphatic heterocycles. The summed E-state index contributed by atoms with van der Waals surface area (Å²) in [6, 6.07) is -0.955. The van der Waals surface area contributed by atoms with Crippen LogP contribution >= 0.6 is 0 Å². The van der Waals surface area contributed by atoms with Crippen LogP contribution in [0.1, 0.15) is 13.8 Å². The van der Waals surface area contributed by atoms with Crippen molar-refractivity contribution in [2.75, 3.05) is 14.2 Å². The molecule has 1 atom stereocenters. The van der Waals surface area contributed by atoms with Crippen LogP contribution in [-0.4, -0.2) is 48.6 Å². The normalized spacial score (nSPS) is 11.2. The minimum absolute atomic E-state index is 0.265. The third-order valence-electron chi connectivity index (χ3n) is 2.10. The number of ether oxygens (including phenoxy) is 2. The van der Waals surface area contributed by atoms with Gasteiger partial charge in [0.1, 0.15) is 6.04 Å². The predicted molar refractivity (Wildman–Crippen MR) is 59.4 cm³/mol. The summed E-state index contributed by atoms with van der Waals surface area (Å²) in [6.07, 6.45) is 0. The fourth-order valence-corrected chi connectivity index (χ4v) is 1.11. The summed E-state index contributed by atoms with van der Waals surface area (Å²) >= 11 is 0. The molecule has 0 aromatic heterocycles. The minimum atomic E-state index is -1.11. The van der Waals surface area contributed by atoms with E-state index in [1.807, 2.05) is 0 Å². The summed E-state index contributed by atoms with van der Waals surface area (Å²) in [5.41, 5.74) is 7.71. The van der Waals surface area contributed by atoms with Gasteiger partial charge >= 0.3 is 23.6 Å². The van der Waals surface area contributed by atoms with Gasteiger partial charge in [0, 0.05) is 0 Å². The Kier molecular flexibility index (Phi) is 6.30. The van der Waals surface area contributed by atoms with Crippen molar-refractivity contribution in [3.63, 3.8) is 0 Å². The Morgan fingerprint density at radius 1 is 1.17 bits per heavy atom. The van der Waals surface area contributed by atoms with Crippen LogP contribution in [0.25, 0.3) is 5.53 Å². The lowest BCUT2D eigenvalue weighted by Gasteiger charge is -2.18. The highest BCUT2D eigenvalue weighted by Gasteiger charge is 2.35. The summed E-state index contributed by atoms with van der Waals surface area (Å²) in [5, 5.41) is 2.23. The SMILES string of the molecule is COC(=O)C(=[N+]=[N-])C(=O)N[C@H](C(=O)OC)C(C)C. The van der Waals surface area contributed by atoms with Gasteiger partial charge in [-0.3, -0.25) is 4.79 Å². The Balaban J connectivity index is 4.96. The monoisotopic (exact) mass is 257 g/mol. The first kappa shape index (κ1) is 15.8. The number of nitrogens with one attached hydrogen (secondary N) is 1. The van der Waals surface area contributed by atoms with E-state index in [4.69, 9.17) is 5.53 Å². The number of amides is 1. The lowest BCUT2D eigenvalue weighted by molar-refractivity contribution is -0.147. The van der Waals surface area contributed by atoms with Gasteiger partial charge < -0.3 is 20.3 Å². The number of nitrogens with zero attached hydrogens (tertiary/aromatic N) is 2. The molecule has 0 saturated carbocycles. The molecule has 0 aromatic carbocycles. The molecule has 0 bridgehead atoms. The van der Waals surface area contributed by atoms with Gasteiger partial charge in [0.25, 0.3) is 0 Å². The molecule has 18 heavy (non-hydrogen) atoms. The first-order chi connectivity index (χ1) is 8.38. The topological polar surface area (TPSA) is 118 Å². The molecule has 0 fully saturated rings. The van der Waals surface area contributed by atoms with Crippen LogP contribution in [0, 0.1) is 5.92 Å². The highest BCUT2D eigenvalue weighted by Crippen LogP contribution is 2.03. The largest absolute Gasteiger partial charge is 0.467 e. The number of rotatable bonds is 5. The molecule has 0 saturated heterocycles. The van der Waals surface area contributed by atoms with E-state index in [-0.39, 0.29) is 5.92 Å². The van der Waals surface area contributed by atoms with E-state index in [1.54, 1.807) is 13.8 Å². The summed E-state index contributed by atoms with van der Waals surface area (Å²) < 4.78 is 8.75. The van der Waals surface area contributed by atoms with Crippen LogP contribution in [0.15, 0.2) is 0 Å². The van der Waals surface area contributed by atoms with E-state index in [0.717, 1.165) is 7.11 Å². The Hall–Kier alpha value is -2.21. The molecule has 100 valence electrons. The number of hydrogen-bond donors (Lipinski definition) is 1. The van der Waals surface area contributed by atoms with Crippen LogP contribution < -0.4 is 5.32 Å². The van der Waals surface area contributed by atoms with Crippen molar-refractivity contribution in [3.05, 3.63) is 5.53 Å². The van der Waals surface area contributed by atoms with Gasteiger partial charge in [0.05, 0.1) is 14.2 Å². The molecule has 0 heterocycles. The van der Waals surface area contributed by atoms with E-state index in [0.29, 0.717) is 0 Å². The van der Waals surface area contributed by atoms with Crippen molar-refractivity contribution in [1.82, 2.24) is 5.32 Å². The average Bonchev–Trinajstić information content (AvgIpc) is 2.35. The Bertz CT molecular complexity index is 398. The zero-order chi connectivity index (χ0) is 14.3. The molecule has 0 spiro atoms. The van der Waals surface area contributed by atoms with E-state index >= 15 is 0 Å². The number of carbonyl (C=O) groups is 3. The van der Waals surface area contributed by atoms with Gasteiger partial charge in [0.2, 0.25) is 0 Å². The molecule has 0 unspecified atom stereocenters. The number of esters is 2. The predicted octanol–water partition coefficient (Wildman–Crippen LogP) is -0.856. The summed E-state index contributed by atoms with van der Waals surface area (Å²) in [4.78, 5) is 36.6. The highest BCUT2D eigenvalue weighted by atomic mass is 16.5. The second-order valence-electron chi connectivity index (χ2n) is 3.66. The van der Waals surface area contributed by atoms with Crippen molar-refractivity contribution in [2.45, 2.75) is 19.9 Å². The van der Waals surface area contributed by atoms with Crippen LogP contribution in [0.5, 0.6) is 0 Å². The molecule has 0 radical (unpaired) electrons. The summed E-state index contributed by atoms with van der Waals surface area (Å²) in [6.45, 7) is 3.35. The van der Waals surface area contributed by atoms with Crippen molar-refractivity contribution in [2.24, 2.45) is 5.92 Å². The maximum absolute atomic E-state index is 11.6. The molecule has 1 amide bonds. The maximum atomic E-state index is 11.6. The van der Waals surface area contributed by atoms with Gasteiger partial charge in [-0.2, -0.15) is 4.79 Å². The number of carbonyl (C=O) groups excluding carboxylic acids is 3. The van der Waals surface area contributed by atoms with Gasteiger partial charge in [0.15, 0.2) is 0 Å². The van der Waals surface area contributed by atoms with Gasteiger partial charge in [-0.15, -0.1) is 0 Å². The molecule has 0 aliphatic carbocycles. The fourth-order valence-electron chi connectivity index (χ4n) is 1.11. The molecule has 0 aromatic rings. The first-order valence-corrected chi connectivity index (χ1v) is 5.08. The van der Waals surface area contributed by atoms with Crippen LogP contribution in [0.3, 0.4) is 0 Å². The Morgan fingerprint density at radius 3 is 2.06 bits per heavy atom. The number of methoxy groups -OCH3 is 2. The third kappa shape index (κ3) is 3.99. The Labute approximate surface area is 104 Å². The molecule has 0 aliphatic rings. The molecule has 8 heteroatoms. The van der Waals surface area contributed by atoms with E-state index < -0.39 is 29.6 Å². The van der Waals surface area contributed by atoms with Crippen LogP contribution in [-0.2, 0) is 23.9 Å². The standard InChI is InChI=1S/C10H15N3O5/c1-5(2)6(9(15)17-3)12-8(14)7(13-11)10(16)18-4/h5-6H,1-4H3,(H,12,14)/t6-/m0/s1. The third-order valence-corrected chi connectivity index (χ3v) is 2.10. The Morgan fingerprint density at radius 2 is 1.72 bits per heavy atom. The molecule has 0 rings (SSSR count). The second kappa shape index (κ2) is 7.18. The molecule has 1 N–H and O–H groups in total. The van der Waals surface area contributed by atoms with Gasteiger partial charge in [-0.25, -0.2) is 9.59 Å². The molecular formula is C10H15N3O5. The quantitative estimate of drug-likeness (QED) is 0.226. The van der Waals surface area contributed by atoms with Crippen molar-refractivity contribution in [1.29, 1.82) is 0 Å². The van der Waals surface area contributed by atoms with Gasteiger partial charge in [-0.05, 0) is 5.92 Å². The maximum Gasteiger partial charge on any atom is 0.462 e. The lowest BCUT2D eigenvalue weighted by Crippen LogP contribution is -2.49. The zero-order valence-corrected chi connectivity index (χ0v) is 10.6. The average molecular weight is 257 g/mol. The van der Waals surface area contributed by atoms with Crippen LogP contribution in [0.4, 0.5) is 0 Å². The lowest BCUT2D eigenvalue weighted by atomic mass is 10.0. The molecule has 8 nitrogen and oxygen atoms in total. The number of hydrogen-bond acceptors (Lipinski definition) is 5. The van der Waals surface area contributed by atoms with Crippen molar-refractivity contribution < 1.29 is 28.6 Å². The van der Waals surface area contributed by atoms with E-state index in [9.17, 15) is 14.4 Å². The van der Waals surface area contributed by atoms with Crippen molar-refractivity contribution in [3.8, 4) is 0 Å². The molecular weight excluding hydrogens is 242 g/mol. The highest BCUT2D eigenvalue weighted by molar-refractivity contribution is 6.61. The second-order valence-corrected chi connectivity index (χ2v) is 3.66. The summed E-state index contributed by atoms with van der Waals surface area (Å²) in [5.74, 6) is -3.06.